The van der Waals surface area contributed by atoms with E-state index in [0.717, 1.165) is 30.8 Å². The van der Waals surface area contributed by atoms with E-state index in [1.807, 2.05) is 42.5 Å². The molecule has 0 unspecified atom stereocenters. The zero-order valence-electron chi connectivity index (χ0n) is 18.8. The van der Waals surface area contributed by atoms with Gasteiger partial charge in [-0.2, -0.15) is 0 Å². The van der Waals surface area contributed by atoms with Gasteiger partial charge in [0.1, 0.15) is 18.1 Å². The lowest BCUT2D eigenvalue weighted by Gasteiger charge is -2.18. The topological polar surface area (TPSA) is 50.8 Å². The highest BCUT2D eigenvalue weighted by atomic mass is 35.5. The van der Waals surface area contributed by atoms with Crippen molar-refractivity contribution in [1.29, 1.82) is 0 Å². The molecule has 0 atom stereocenters. The monoisotopic (exact) mass is 486 g/mol. The number of nitrogens with one attached hydrogen (secondary N) is 1. The molecule has 7 heteroatoms. The molecule has 0 saturated heterocycles. The maximum Gasteiger partial charge on any atom is 0.262 e. The number of rotatable bonds is 11. The molecule has 0 aromatic heterocycles. The summed E-state index contributed by atoms with van der Waals surface area (Å²) in [7, 11) is 0. The molecule has 0 saturated carbocycles. The Balaban J connectivity index is 1.51. The molecule has 3 aromatic carbocycles. The van der Waals surface area contributed by atoms with E-state index in [4.69, 9.17) is 32.7 Å². The van der Waals surface area contributed by atoms with Crippen molar-refractivity contribution in [2.45, 2.75) is 13.8 Å². The number of hydrogen-bond acceptors (Lipinski definition) is 4. The molecular formula is C26H28Cl2N2O3. The predicted octanol–water partition coefficient (Wildman–Crippen LogP) is 6.40. The summed E-state index contributed by atoms with van der Waals surface area (Å²) in [5.74, 6) is 0.717. The first-order valence-electron chi connectivity index (χ1n) is 10.9. The minimum absolute atomic E-state index is 0.176. The molecule has 3 aromatic rings. The lowest BCUT2D eigenvalue weighted by Crippen LogP contribution is -2.27. The quantitative estimate of drug-likeness (QED) is 0.340. The van der Waals surface area contributed by atoms with Crippen molar-refractivity contribution in [2.75, 3.05) is 38.2 Å². The van der Waals surface area contributed by atoms with Crippen LogP contribution in [0.3, 0.4) is 0 Å². The summed E-state index contributed by atoms with van der Waals surface area (Å²) in [5, 5.41) is 3.66. The van der Waals surface area contributed by atoms with Gasteiger partial charge in [-0.15, -0.1) is 0 Å². The normalized spacial score (nSPS) is 10.8. The Labute approximate surface area is 205 Å². The molecule has 5 nitrogen and oxygen atoms in total. The SMILES string of the molecule is CCN(CC)CCOc1ccc(NC(=O)COc2ccc(-c3ccccc3)cc2Cl)cc1Cl. The third-order valence-electron chi connectivity index (χ3n) is 5.17. The fourth-order valence-electron chi connectivity index (χ4n) is 3.29. The minimum atomic E-state index is -0.315. The van der Waals surface area contributed by atoms with Crippen molar-refractivity contribution in [3.05, 3.63) is 76.8 Å². The first kappa shape index (κ1) is 24.9. The van der Waals surface area contributed by atoms with Gasteiger partial charge in [-0.25, -0.2) is 0 Å². The van der Waals surface area contributed by atoms with Gasteiger partial charge in [0, 0.05) is 12.2 Å². The third kappa shape index (κ3) is 7.39. The summed E-state index contributed by atoms with van der Waals surface area (Å²) in [4.78, 5) is 14.6. The molecule has 0 aliphatic carbocycles. The molecule has 0 aliphatic heterocycles. The lowest BCUT2D eigenvalue weighted by atomic mass is 10.1. The van der Waals surface area contributed by atoms with Crippen LogP contribution in [0.4, 0.5) is 5.69 Å². The van der Waals surface area contributed by atoms with E-state index in [1.54, 1.807) is 24.3 Å². The van der Waals surface area contributed by atoms with Gasteiger partial charge in [-0.1, -0.05) is 73.4 Å². The average Bonchev–Trinajstić information content (AvgIpc) is 2.83. The van der Waals surface area contributed by atoms with Gasteiger partial charge in [0.15, 0.2) is 6.61 Å². The lowest BCUT2D eigenvalue weighted by molar-refractivity contribution is -0.118. The standard InChI is InChI=1S/C26H28Cl2N2O3/c1-3-30(4-2)14-15-32-24-13-11-21(17-23(24)28)29-26(31)18-33-25-12-10-20(16-22(25)27)19-8-6-5-7-9-19/h5-13,16-17H,3-4,14-15,18H2,1-2H3,(H,29,31). The maximum absolute atomic E-state index is 12.3. The van der Waals surface area contributed by atoms with E-state index in [1.165, 1.54) is 0 Å². The number of halogens is 2. The first-order valence-corrected chi connectivity index (χ1v) is 11.7. The number of likely N-dealkylation sites (N-methyl/N-ethyl adjacent to an activating group) is 1. The van der Waals surface area contributed by atoms with Crippen LogP contribution in [0.1, 0.15) is 13.8 Å². The molecule has 0 bridgehead atoms. The highest BCUT2D eigenvalue weighted by Crippen LogP contribution is 2.31. The number of ether oxygens (including phenoxy) is 2. The number of anilines is 1. The predicted molar refractivity (Wildman–Crippen MR) is 136 cm³/mol. The summed E-state index contributed by atoms with van der Waals surface area (Å²) in [6.45, 7) is 7.38. The van der Waals surface area contributed by atoms with Crippen molar-refractivity contribution >= 4 is 34.8 Å². The van der Waals surface area contributed by atoms with Crippen LogP contribution in [0.15, 0.2) is 66.7 Å². The Bertz CT molecular complexity index is 1060. The summed E-state index contributed by atoms with van der Waals surface area (Å²) in [6.07, 6.45) is 0. The Kier molecular flexibility index (Phi) is 9.43. The first-order chi connectivity index (χ1) is 16.0. The molecule has 0 heterocycles. The summed E-state index contributed by atoms with van der Waals surface area (Å²) >= 11 is 12.7. The largest absolute Gasteiger partial charge is 0.491 e. The fourth-order valence-corrected chi connectivity index (χ4v) is 3.76. The van der Waals surface area contributed by atoms with Crippen LogP contribution in [-0.2, 0) is 4.79 Å². The molecule has 0 fully saturated rings. The van der Waals surface area contributed by atoms with Gasteiger partial charge >= 0.3 is 0 Å². The molecule has 0 radical (unpaired) electrons. The highest BCUT2D eigenvalue weighted by molar-refractivity contribution is 6.32. The van der Waals surface area contributed by atoms with E-state index in [2.05, 4.69) is 24.1 Å². The van der Waals surface area contributed by atoms with Gasteiger partial charge in [0.05, 0.1) is 10.0 Å². The van der Waals surface area contributed by atoms with E-state index < -0.39 is 0 Å². The van der Waals surface area contributed by atoms with Crippen LogP contribution in [0.2, 0.25) is 10.0 Å². The maximum atomic E-state index is 12.3. The van der Waals surface area contributed by atoms with Crippen LogP contribution < -0.4 is 14.8 Å². The molecule has 0 aliphatic rings. The fraction of sp³-hybridized carbons (Fsp3) is 0.269. The molecule has 0 spiro atoms. The van der Waals surface area contributed by atoms with Crippen molar-refractivity contribution < 1.29 is 14.3 Å². The van der Waals surface area contributed by atoms with Gasteiger partial charge in [0.2, 0.25) is 0 Å². The highest BCUT2D eigenvalue weighted by Gasteiger charge is 2.10. The van der Waals surface area contributed by atoms with Crippen LogP contribution in [0.5, 0.6) is 11.5 Å². The second-order valence-corrected chi connectivity index (χ2v) is 8.18. The van der Waals surface area contributed by atoms with Crippen LogP contribution in [0, 0.1) is 0 Å². The van der Waals surface area contributed by atoms with Crippen molar-refractivity contribution in [1.82, 2.24) is 4.90 Å². The Morgan fingerprint density at radius 2 is 1.52 bits per heavy atom. The van der Waals surface area contributed by atoms with Gasteiger partial charge < -0.3 is 19.7 Å². The van der Waals surface area contributed by atoms with Gasteiger partial charge in [-0.05, 0) is 54.5 Å². The zero-order valence-corrected chi connectivity index (χ0v) is 20.3. The van der Waals surface area contributed by atoms with E-state index in [0.29, 0.717) is 33.8 Å². The number of nitrogens with zero attached hydrogens (tertiary/aromatic N) is 1. The second kappa shape index (κ2) is 12.5. The van der Waals surface area contributed by atoms with E-state index in [9.17, 15) is 4.79 Å². The third-order valence-corrected chi connectivity index (χ3v) is 5.76. The Hall–Kier alpha value is -2.73. The second-order valence-electron chi connectivity index (χ2n) is 7.37. The van der Waals surface area contributed by atoms with Gasteiger partial charge in [-0.3, -0.25) is 4.79 Å². The Morgan fingerprint density at radius 1 is 0.848 bits per heavy atom. The summed E-state index contributed by atoms with van der Waals surface area (Å²) < 4.78 is 11.4. The number of benzene rings is 3. The molecule has 3 rings (SSSR count). The summed E-state index contributed by atoms with van der Waals surface area (Å²) in [6, 6.07) is 20.6. The summed E-state index contributed by atoms with van der Waals surface area (Å²) in [5.41, 5.74) is 2.60. The van der Waals surface area contributed by atoms with Crippen LogP contribution >= 0.6 is 23.2 Å². The van der Waals surface area contributed by atoms with Crippen molar-refractivity contribution in [2.24, 2.45) is 0 Å². The molecular weight excluding hydrogens is 459 g/mol. The smallest absolute Gasteiger partial charge is 0.262 e. The number of hydrogen-bond donors (Lipinski definition) is 1. The molecule has 33 heavy (non-hydrogen) atoms. The van der Waals surface area contributed by atoms with Crippen molar-refractivity contribution in [3.63, 3.8) is 0 Å². The van der Waals surface area contributed by atoms with Crippen LogP contribution in [-0.4, -0.2) is 43.7 Å². The number of carbonyl (C=O) groups is 1. The van der Waals surface area contributed by atoms with E-state index >= 15 is 0 Å². The minimum Gasteiger partial charge on any atom is -0.491 e. The molecule has 174 valence electrons. The molecule has 1 amide bonds. The van der Waals surface area contributed by atoms with E-state index in [-0.39, 0.29) is 12.5 Å². The molecule has 1 N–H and O–H groups in total. The Morgan fingerprint density at radius 3 is 2.18 bits per heavy atom. The number of carbonyl (C=O) groups excluding carboxylic acids is 1. The average molecular weight is 487 g/mol. The zero-order chi connectivity index (χ0) is 23.6. The number of amides is 1. The van der Waals surface area contributed by atoms with Crippen molar-refractivity contribution in [3.8, 4) is 22.6 Å². The van der Waals surface area contributed by atoms with Crippen LogP contribution in [0.25, 0.3) is 11.1 Å². The van der Waals surface area contributed by atoms with Gasteiger partial charge in [0.25, 0.3) is 5.91 Å².